The highest BCUT2D eigenvalue weighted by Gasteiger charge is 2.13. The third kappa shape index (κ3) is 4.57. The Bertz CT molecular complexity index is 1090. The van der Waals surface area contributed by atoms with E-state index in [1.54, 1.807) is 11.3 Å². The normalized spacial score (nSPS) is 10.6. The molecule has 0 spiro atoms. The van der Waals surface area contributed by atoms with Crippen molar-refractivity contribution in [3.8, 4) is 0 Å². The zero-order chi connectivity index (χ0) is 20.1. The number of hydrogen-bond acceptors (Lipinski definition) is 7. The number of fused-ring (bicyclic) bond motifs is 1. The van der Waals surface area contributed by atoms with Gasteiger partial charge in [-0.1, -0.05) is 6.07 Å². The molecule has 2 N–H and O–H groups in total. The largest absolute Gasteiger partial charge is 0.337 e. The quantitative estimate of drug-likeness (QED) is 0.474. The van der Waals surface area contributed by atoms with E-state index >= 15 is 0 Å². The van der Waals surface area contributed by atoms with Crippen LogP contribution in [0.25, 0.3) is 10.9 Å². The van der Waals surface area contributed by atoms with Gasteiger partial charge >= 0.3 is 6.03 Å². The van der Waals surface area contributed by atoms with Crippen molar-refractivity contribution >= 4 is 39.9 Å². The van der Waals surface area contributed by atoms with Crippen LogP contribution in [0.3, 0.4) is 0 Å². The predicted octanol–water partition coefficient (Wildman–Crippen LogP) is 1.43. The maximum atomic E-state index is 12.4. The second-order valence-corrected chi connectivity index (χ2v) is 6.80. The van der Waals surface area contributed by atoms with Crippen molar-refractivity contribution in [2.24, 2.45) is 0 Å². The fourth-order valence-corrected chi connectivity index (χ4v) is 3.20. The molecule has 0 aliphatic carbocycles. The molecule has 3 aromatic rings. The van der Waals surface area contributed by atoms with Crippen molar-refractivity contribution in [2.75, 3.05) is 6.54 Å². The lowest BCUT2D eigenvalue weighted by molar-refractivity contribution is -0.384. The first kappa shape index (κ1) is 19.2. The summed E-state index contributed by atoms with van der Waals surface area (Å²) in [4.78, 5) is 51.5. The molecule has 3 rings (SSSR count). The number of nitro groups is 1. The Labute approximate surface area is 162 Å². The first-order valence-corrected chi connectivity index (χ1v) is 9.05. The Balaban J connectivity index is 1.60. The molecule has 10 nitrogen and oxygen atoms in total. The van der Waals surface area contributed by atoms with E-state index in [0.717, 1.165) is 15.8 Å². The summed E-state index contributed by atoms with van der Waals surface area (Å²) in [7, 11) is 0. The third-order valence-corrected chi connectivity index (χ3v) is 4.76. The zero-order valence-corrected chi connectivity index (χ0v) is 15.3. The molecule has 0 saturated heterocycles. The molecule has 0 aliphatic rings. The number of thiophene rings is 1. The molecule has 0 unspecified atom stereocenters. The molecule has 0 saturated carbocycles. The minimum Gasteiger partial charge on any atom is -0.337 e. The van der Waals surface area contributed by atoms with Gasteiger partial charge in [0, 0.05) is 23.6 Å². The molecule has 3 amide bonds. The Morgan fingerprint density at radius 2 is 2.11 bits per heavy atom. The maximum absolute atomic E-state index is 12.4. The number of carbonyl (C=O) groups is 2. The molecule has 0 fully saturated rings. The van der Waals surface area contributed by atoms with Gasteiger partial charge in [0.1, 0.15) is 6.54 Å². The predicted molar refractivity (Wildman–Crippen MR) is 102 cm³/mol. The Morgan fingerprint density at radius 1 is 1.29 bits per heavy atom. The molecule has 0 aliphatic heterocycles. The standard InChI is InChI=1S/C17H15N5O5S/c23-15(20-17(25)18-6-5-12-2-1-7-28-12)9-21-10-19-14-8-11(22(26)27)3-4-13(14)16(21)24/h1-4,7-8,10H,5-6,9H2,(H2,18,20,23,25). The van der Waals surface area contributed by atoms with Crippen LogP contribution < -0.4 is 16.2 Å². The fourth-order valence-electron chi connectivity index (χ4n) is 2.49. The van der Waals surface area contributed by atoms with E-state index in [2.05, 4.69) is 15.6 Å². The number of rotatable bonds is 6. The monoisotopic (exact) mass is 401 g/mol. The van der Waals surface area contributed by atoms with Crippen LogP contribution in [0.2, 0.25) is 0 Å². The summed E-state index contributed by atoms with van der Waals surface area (Å²) in [6, 6.07) is 6.87. The van der Waals surface area contributed by atoms with Crippen molar-refractivity contribution in [3.63, 3.8) is 0 Å². The number of urea groups is 1. The Kier molecular flexibility index (Phi) is 5.75. The highest BCUT2D eigenvalue weighted by molar-refractivity contribution is 7.09. The molecule has 2 aromatic heterocycles. The number of nitro benzene ring substituents is 1. The van der Waals surface area contributed by atoms with E-state index in [9.17, 15) is 24.5 Å². The molecule has 0 bridgehead atoms. The lowest BCUT2D eigenvalue weighted by Gasteiger charge is -2.08. The molecule has 11 heteroatoms. The fraction of sp³-hybridized carbons (Fsp3) is 0.176. The topological polar surface area (TPSA) is 136 Å². The van der Waals surface area contributed by atoms with Crippen LogP contribution in [0.4, 0.5) is 10.5 Å². The van der Waals surface area contributed by atoms with Crippen LogP contribution in [0.15, 0.2) is 46.8 Å². The van der Waals surface area contributed by atoms with Crippen LogP contribution in [-0.2, 0) is 17.8 Å². The van der Waals surface area contributed by atoms with Crippen molar-refractivity contribution in [3.05, 3.63) is 67.4 Å². The zero-order valence-electron chi connectivity index (χ0n) is 14.5. The summed E-state index contributed by atoms with van der Waals surface area (Å²) in [5, 5.41) is 17.6. The molecular weight excluding hydrogens is 386 g/mol. The van der Waals surface area contributed by atoms with E-state index < -0.39 is 29.0 Å². The average Bonchev–Trinajstić information content (AvgIpc) is 3.17. The molecule has 2 heterocycles. The number of amides is 3. The first-order chi connectivity index (χ1) is 13.4. The van der Waals surface area contributed by atoms with Gasteiger partial charge < -0.3 is 5.32 Å². The smallest absolute Gasteiger partial charge is 0.321 e. The molecule has 28 heavy (non-hydrogen) atoms. The van der Waals surface area contributed by atoms with E-state index in [0.29, 0.717) is 13.0 Å². The number of non-ortho nitro benzene ring substituents is 1. The number of carbonyl (C=O) groups excluding carboxylic acids is 2. The first-order valence-electron chi connectivity index (χ1n) is 8.17. The second-order valence-electron chi connectivity index (χ2n) is 5.77. The molecule has 0 radical (unpaired) electrons. The van der Waals surface area contributed by atoms with Gasteiger partial charge in [-0.25, -0.2) is 9.78 Å². The second kappa shape index (κ2) is 8.39. The summed E-state index contributed by atoms with van der Waals surface area (Å²) in [6.45, 7) is -0.0347. The summed E-state index contributed by atoms with van der Waals surface area (Å²) in [6.07, 6.45) is 1.77. The van der Waals surface area contributed by atoms with E-state index in [1.165, 1.54) is 18.2 Å². The molecule has 0 atom stereocenters. The number of nitrogens with one attached hydrogen (secondary N) is 2. The Morgan fingerprint density at radius 3 is 2.82 bits per heavy atom. The van der Waals surface area contributed by atoms with Gasteiger partial charge in [0.2, 0.25) is 5.91 Å². The number of imide groups is 1. The summed E-state index contributed by atoms with van der Waals surface area (Å²) >= 11 is 1.57. The number of hydrogen-bond donors (Lipinski definition) is 2. The van der Waals surface area contributed by atoms with Crippen LogP contribution in [-0.4, -0.2) is 33.0 Å². The molecular formula is C17H15N5O5S. The van der Waals surface area contributed by atoms with Gasteiger partial charge in [-0.05, 0) is 23.9 Å². The highest BCUT2D eigenvalue weighted by Crippen LogP contribution is 2.16. The third-order valence-electron chi connectivity index (χ3n) is 3.82. The van der Waals surface area contributed by atoms with Gasteiger partial charge in [-0.15, -0.1) is 11.3 Å². The van der Waals surface area contributed by atoms with Gasteiger partial charge in [0.25, 0.3) is 11.2 Å². The van der Waals surface area contributed by atoms with Crippen LogP contribution >= 0.6 is 11.3 Å². The maximum Gasteiger partial charge on any atom is 0.321 e. The minimum atomic E-state index is -0.682. The van der Waals surface area contributed by atoms with Gasteiger partial charge in [0.05, 0.1) is 22.2 Å². The summed E-state index contributed by atoms with van der Waals surface area (Å²) < 4.78 is 1.03. The van der Waals surface area contributed by atoms with E-state index in [1.807, 2.05) is 17.5 Å². The van der Waals surface area contributed by atoms with Crippen molar-refractivity contribution in [1.29, 1.82) is 0 Å². The van der Waals surface area contributed by atoms with Crippen molar-refractivity contribution in [1.82, 2.24) is 20.2 Å². The lowest BCUT2D eigenvalue weighted by Crippen LogP contribution is -2.42. The van der Waals surface area contributed by atoms with Gasteiger partial charge in [-0.2, -0.15) is 0 Å². The van der Waals surface area contributed by atoms with Crippen molar-refractivity contribution in [2.45, 2.75) is 13.0 Å². The van der Waals surface area contributed by atoms with E-state index in [4.69, 9.17) is 0 Å². The SMILES string of the molecule is O=C(Cn1cnc2cc([N+](=O)[O-])ccc2c1=O)NC(=O)NCCc1cccs1. The number of nitrogens with zero attached hydrogens (tertiary/aromatic N) is 3. The van der Waals surface area contributed by atoms with Gasteiger partial charge in [-0.3, -0.25) is 29.6 Å². The number of aromatic nitrogens is 2. The minimum absolute atomic E-state index is 0.140. The van der Waals surface area contributed by atoms with Crippen molar-refractivity contribution < 1.29 is 14.5 Å². The summed E-state index contributed by atoms with van der Waals surface area (Å²) in [5.41, 5.74) is -0.565. The Hall–Kier alpha value is -3.60. The van der Waals surface area contributed by atoms with Crippen LogP contribution in [0, 0.1) is 10.1 Å². The molecule has 1 aromatic carbocycles. The average molecular weight is 401 g/mol. The van der Waals surface area contributed by atoms with E-state index in [-0.39, 0.29) is 16.6 Å². The summed E-state index contributed by atoms with van der Waals surface area (Å²) in [5.74, 6) is -0.682. The number of benzene rings is 1. The van der Waals surface area contributed by atoms with Crippen LogP contribution in [0.5, 0.6) is 0 Å². The highest BCUT2D eigenvalue weighted by atomic mass is 32.1. The van der Waals surface area contributed by atoms with Crippen LogP contribution in [0.1, 0.15) is 4.88 Å². The lowest BCUT2D eigenvalue weighted by atomic mass is 10.2. The molecule has 144 valence electrons. The van der Waals surface area contributed by atoms with Gasteiger partial charge in [0.15, 0.2) is 0 Å².